The van der Waals surface area contributed by atoms with Crippen LogP contribution in [-0.4, -0.2) is 8.42 Å². The van der Waals surface area contributed by atoms with Crippen molar-refractivity contribution in [1.82, 2.24) is 0 Å². The number of hydrogen-bond acceptors (Lipinski definition) is 2. The Morgan fingerprint density at radius 1 is 1.03 bits per heavy atom. The highest BCUT2D eigenvalue weighted by Crippen LogP contribution is 2.37. The smallest absolute Gasteiger partial charge is 0.256 e. The van der Waals surface area contributed by atoms with Crippen LogP contribution in [0.15, 0.2) is 65.6 Å². The Hall–Kier alpha value is -1.96. The van der Waals surface area contributed by atoms with Crippen LogP contribution in [0.2, 0.25) is 5.02 Å². The van der Waals surface area contributed by atoms with E-state index in [0.717, 1.165) is 33.6 Å². The lowest BCUT2D eigenvalue weighted by atomic mass is 10.00. The first kappa shape index (κ1) is 22.7. The van der Waals surface area contributed by atoms with Gasteiger partial charge in [0.25, 0.3) is 10.0 Å². The van der Waals surface area contributed by atoms with Crippen molar-refractivity contribution in [3.8, 4) is 0 Å². The Labute approximate surface area is 188 Å². The molecule has 0 heterocycles. The summed E-state index contributed by atoms with van der Waals surface area (Å²) in [6, 6.07) is 13.1. The van der Waals surface area contributed by atoms with Gasteiger partial charge in [0.15, 0.2) is 0 Å². The van der Waals surface area contributed by atoms with Gasteiger partial charge < -0.3 is 0 Å². The first-order chi connectivity index (χ1) is 14.1. The van der Waals surface area contributed by atoms with Gasteiger partial charge >= 0.3 is 0 Å². The van der Waals surface area contributed by atoms with E-state index in [2.05, 4.69) is 15.9 Å². The van der Waals surface area contributed by atoms with Gasteiger partial charge in [-0.3, -0.25) is 4.31 Å². The molecule has 1 unspecified atom stereocenters. The quantitative estimate of drug-likeness (QED) is 0.340. The van der Waals surface area contributed by atoms with Crippen LogP contribution in [0.4, 0.5) is 14.5 Å². The van der Waals surface area contributed by atoms with E-state index < -0.39 is 27.7 Å². The fraction of sp³-hybridized carbons (Fsp3) is 0.182. The van der Waals surface area contributed by atoms with Gasteiger partial charge in [-0.2, -0.15) is 0 Å². The molecule has 0 aliphatic heterocycles. The van der Waals surface area contributed by atoms with Crippen LogP contribution in [0.25, 0.3) is 0 Å². The summed E-state index contributed by atoms with van der Waals surface area (Å²) >= 11 is 9.32. The van der Waals surface area contributed by atoms with Crippen molar-refractivity contribution < 1.29 is 17.2 Å². The molecular weight excluding hydrogens is 496 g/mol. The highest BCUT2D eigenvalue weighted by atomic mass is 79.9. The van der Waals surface area contributed by atoms with Crippen molar-refractivity contribution in [1.29, 1.82) is 0 Å². The number of hydrogen-bond donors (Lipinski definition) is 0. The molecule has 0 bridgehead atoms. The largest absolute Gasteiger partial charge is 0.264 e. The normalized spacial score (nSPS) is 12.6. The molecule has 3 rings (SSSR count). The van der Waals surface area contributed by atoms with Crippen molar-refractivity contribution >= 4 is 43.2 Å². The van der Waals surface area contributed by atoms with E-state index in [1.807, 2.05) is 19.1 Å². The summed E-state index contributed by atoms with van der Waals surface area (Å²) in [7, 11) is -4.24. The maximum absolute atomic E-state index is 14.7. The van der Waals surface area contributed by atoms with E-state index in [1.165, 1.54) is 24.3 Å². The van der Waals surface area contributed by atoms with E-state index in [-0.39, 0.29) is 10.6 Å². The lowest BCUT2D eigenvalue weighted by Crippen LogP contribution is -2.35. The molecule has 0 saturated carbocycles. The highest BCUT2D eigenvalue weighted by Gasteiger charge is 2.33. The molecule has 0 N–H and O–H groups in total. The van der Waals surface area contributed by atoms with E-state index in [4.69, 9.17) is 11.6 Å². The Kier molecular flexibility index (Phi) is 6.84. The van der Waals surface area contributed by atoms with Crippen molar-refractivity contribution in [2.75, 3.05) is 4.31 Å². The van der Waals surface area contributed by atoms with E-state index in [1.54, 1.807) is 13.0 Å². The Bertz CT molecular complexity index is 1170. The van der Waals surface area contributed by atoms with E-state index in [9.17, 15) is 17.2 Å². The summed E-state index contributed by atoms with van der Waals surface area (Å²) in [5.74, 6) is -1.58. The second-order valence-electron chi connectivity index (χ2n) is 6.86. The number of alkyl halides is 1. The van der Waals surface area contributed by atoms with Crippen molar-refractivity contribution in [2.24, 2.45) is 0 Å². The first-order valence-corrected chi connectivity index (χ1v) is 12.0. The Balaban J connectivity index is 2.25. The van der Waals surface area contributed by atoms with Crippen LogP contribution >= 0.6 is 27.5 Å². The zero-order chi connectivity index (χ0) is 22.1. The molecular formula is C22H19BrClF2NO2S. The molecule has 30 heavy (non-hydrogen) atoms. The number of benzene rings is 3. The third-order valence-corrected chi connectivity index (χ3v) is 7.52. The van der Waals surface area contributed by atoms with Crippen LogP contribution in [-0.2, 0) is 15.4 Å². The van der Waals surface area contributed by atoms with Gasteiger partial charge in [-0.15, -0.1) is 0 Å². The SMILES string of the molecule is Cc1ccc(C(C)N(c2cc(F)ccc2F)S(=O)(=O)c2ccc(Cl)cc2)c(CBr)c1. The molecule has 158 valence electrons. The van der Waals surface area contributed by atoms with Gasteiger partial charge in [0.05, 0.1) is 16.6 Å². The lowest BCUT2D eigenvalue weighted by Gasteiger charge is -2.32. The zero-order valence-electron chi connectivity index (χ0n) is 16.2. The van der Waals surface area contributed by atoms with E-state index in [0.29, 0.717) is 15.9 Å². The average Bonchev–Trinajstić information content (AvgIpc) is 2.70. The summed E-state index contributed by atoms with van der Waals surface area (Å²) in [6.45, 7) is 3.57. The summed E-state index contributed by atoms with van der Waals surface area (Å²) < 4.78 is 56.8. The molecule has 0 amide bonds. The van der Waals surface area contributed by atoms with Crippen LogP contribution in [0.3, 0.4) is 0 Å². The van der Waals surface area contributed by atoms with E-state index >= 15 is 0 Å². The van der Waals surface area contributed by atoms with Gasteiger partial charge in [-0.1, -0.05) is 51.3 Å². The molecule has 1 atom stereocenters. The molecule has 3 aromatic rings. The molecule has 0 radical (unpaired) electrons. The summed E-state index contributed by atoms with van der Waals surface area (Å²) in [6.07, 6.45) is 0. The monoisotopic (exact) mass is 513 g/mol. The number of halogens is 4. The van der Waals surface area contributed by atoms with Crippen LogP contribution < -0.4 is 4.31 Å². The first-order valence-electron chi connectivity index (χ1n) is 9.05. The van der Waals surface area contributed by atoms with Gasteiger partial charge in [0, 0.05) is 16.4 Å². The maximum atomic E-state index is 14.7. The second kappa shape index (κ2) is 9.04. The molecule has 3 nitrogen and oxygen atoms in total. The van der Waals surface area contributed by atoms with Crippen LogP contribution in [0.5, 0.6) is 0 Å². The zero-order valence-corrected chi connectivity index (χ0v) is 19.4. The lowest BCUT2D eigenvalue weighted by molar-refractivity contribution is 0.570. The Morgan fingerprint density at radius 2 is 1.70 bits per heavy atom. The standard InChI is InChI=1S/C22H19BrClF2NO2S/c1-14-3-9-20(16(11-14)13-23)15(2)27(22-12-18(25)6-10-21(22)26)30(28,29)19-7-4-17(24)5-8-19/h3-12,15H,13H2,1-2H3. The molecule has 8 heteroatoms. The van der Waals surface area contributed by atoms with Crippen LogP contribution in [0, 0.1) is 18.6 Å². The van der Waals surface area contributed by atoms with Crippen molar-refractivity contribution in [3.63, 3.8) is 0 Å². The van der Waals surface area contributed by atoms with Crippen molar-refractivity contribution in [3.05, 3.63) is 94.0 Å². The fourth-order valence-electron chi connectivity index (χ4n) is 3.31. The minimum Gasteiger partial charge on any atom is -0.256 e. The molecule has 0 saturated heterocycles. The maximum Gasteiger partial charge on any atom is 0.264 e. The van der Waals surface area contributed by atoms with Crippen molar-refractivity contribution in [2.45, 2.75) is 30.1 Å². The minimum atomic E-state index is -4.24. The molecule has 0 spiro atoms. The fourth-order valence-corrected chi connectivity index (χ4v) is 5.55. The number of aryl methyl sites for hydroxylation is 1. The van der Waals surface area contributed by atoms with Crippen LogP contribution in [0.1, 0.15) is 29.7 Å². The Morgan fingerprint density at radius 3 is 2.33 bits per heavy atom. The van der Waals surface area contributed by atoms with Gasteiger partial charge in [0.1, 0.15) is 11.6 Å². The molecule has 0 aromatic heterocycles. The summed E-state index contributed by atoms with van der Waals surface area (Å²) in [5, 5.41) is 0.847. The molecule has 0 aliphatic carbocycles. The molecule has 0 aliphatic rings. The van der Waals surface area contributed by atoms with Gasteiger partial charge in [-0.05, 0) is 61.4 Å². The predicted octanol–water partition coefficient (Wildman–Crippen LogP) is 6.78. The molecule has 3 aromatic carbocycles. The number of sulfonamides is 1. The number of nitrogens with zero attached hydrogens (tertiary/aromatic N) is 1. The minimum absolute atomic E-state index is 0.0742. The number of rotatable bonds is 6. The topological polar surface area (TPSA) is 37.4 Å². The average molecular weight is 515 g/mol. The predicted molar refractivity (Wildman–Crippen MR) is 120 cm³/mol. The third-order valence-electron chi connectivity index (χ3n) is 4.76. The van der Waals surface area contributed by atoms with Gasteiger partial charge in [-0.25, -0.2) is 17.2 Å². The molecule has 0 fully saturated rings. The second-order valence-corrected chi connectivity index (χ2v) is 9.67. The van der Waals surface area contributed by atoms with Gasteiger partial charge in [0.2, 0.25) is 0 Å². The number of anilines is 1. The summed E-state index contributed by atoms with van der Waals surface area (Å²) in [4.78, 5) is -0.0742. The third kappa shape index (κ3) is 4.53. The highest BCUT2D eigenvalue weighted by molar-refractivity contribution is 9.08. The summed E-state index contributed by atoms with van der Waals surface area (Å²) in [5.41, 5.74) is 2.18.